The summed E-state index contributed by atoms with van der Waals surface area (Å²) in [6.45, 7) is 4.80. The van der Waals surface area contributed by atoms with Crippen LogP contribution >= 0.6 is 27.3 Å². The molecule has 5 heteroatoms. The summed E-state index contributed by atoms with van der Waals surface area (Å²) >= 11 is 5.24. The summed E-state index contributed by atoms with van der Waals surface area (Å²) in [6.07, 6.45) is 0. The number of nitrogens with one attached hydrogen (secondary N) is 1. The van der Waals surface area contributed by atoms with Crippen molar-refractivity contribution in [2.24, 2.45) is 0 Å². The number of halogens is 1. The highest BCUT2D eigenvalue weighted by Crippen LogP contribution is 2.21. The van der Waals surface area contributed by atoms with Crippen molar-refractivity contribution in [3.63, 3.8) is 0 Å². The predicted molar refractivity (Wildman–Crippen MR) is 73.1 cm³/mol. The Hall–Kier alpha value is 0.0600. The number of likely N-dealkylation sites (N-methyl/N-ethyl adjacent to an activating group) is 1. The molecule has 1 rings (SSSR count). The van der Waals surface area contributed by atoms with Gasteiger partial charge in [0.2, 0.25) is 0 Å². The third kappa shape index (κ3) is 5.96. The Bertz CT molecular complexity index is 293. The lowest BCUT2D eigenvalue weighted by Gasteiger charge is -2.15. The second-order valence-corrected chi connectivity index (χ2v) is 6.23. The van der Waals surface area contributed by atoms with Crippen molar-refractivity contribution in [2.75, 3.05) is 40.4 Å². The van der Waals surface area contributed by atoms with Gasteiger partial charge in [-0.25, -0.2) is 0 Å². The SMILES string of the molecule is COCCN(C)CCNCc1ccc(Br)s1. The number of hydrogen-bond donors (Lipinski definition) is 1. The van der Waals surface area contributed by atoms with Crippen molar-refractivity contribution < 1.29 is 4.74 Å². The van der Waals surface area contributed by atoms with Gasteiger partial charge >= 0.3 is 0 Å². The molecule has 1 aromatic heterocycles. The predicted octanol–water partition coefficient (Wildman–Crippen LogP) is 2.18. The standard InChI is InChI=1S/C11H19BrN2OS/c1-14(7-8-15-2)6-5-13-9-10-3-4-11(12)16-10/h3-4,13H,5-9H2,1-2H3. The first-order valence-electron chi connectivity index (χ1n) is 5.35. The Labute approximate surface area is 110 Å². The molecular formula is C11H19BrN2OS. The van der Waals surface area contributed by atoms with E-state index in [4.69, 9.17) is 4.74 Å². The quantitative estimate of drug-likeness (QED) is 0.745. The van der Waals surface area contributed by atoms with E-state index in [0.717, 1.165) is 32.8 Å². The molecule has 92 valence electrons. The molecule has 0 spiro atoms. The van der Waals surface area contributed by atoms with E-state index in [2.05, 4.69) is 45.3 Å². The van der Waals surface area contributed by atoms with Crippen LogP contribution in [0, 0.1) is 0 Å². The smallest absolute Gasteiger partial charge is 0.0701 e. The molecule has 1 heterocycles. The van der Waals surface area contributed by atoms with Gasteiger partial charge in [-0.05, 0) is 35.1 Å². The van der Waals surface area contributed by atoms with E-state index in [-0.39, 0.29) is 0 Å². The second-order valence-electron chi connectivity index (χ2n) is 3.68. The molecule has 0 saturated carbocycles. The number of hydrogen-bond acceptors (Lipinski definition) is 4. The minimum atomic E-state index is 0.800. The van der Waals surface area contributed by atoms with Gasteiger partial charge in [0, 0.05) is 38.2 Å². The molecule has 0 aliphatic heterocycles. The molecule has 16 heavy (non-hydrogen) atoms. The van der Waals surface area contributed by atoms with Crippen LogP contribution in [-0.2, 0) is 11.3 Å². The largest absolute Gasteiger partial charge is 0.383 e. The number of methoxy groups -OCH3 is 1. The lowest BCUT2D eigenvalue weighted by Crippen LogP contribution is -2.31. The molecule has 1 aromatic rings. The van der Waals surface area contributed by atoms with Crippen molar-refractivity contribution in [1.29, 1.82) is 0 Å². The van der Waals surface area contributed by atoms with Crippen molar-refractivity contribution >= 4 is 27.3 Å². The highest BCUT2D eigenvalue weighted by atomic mass is 79.9. The van der Waals surface area contributed by atoms with Gasteiger partial charge in [-0.1, -0.05) is 0 Å². The highest BCUT2D eigenvalue weighted by molar-refractivity contribution is 9.11. The van der Waals surface area contributed by atoms with Crippen molar-refractivity contribution in [3.8, 4) is 0 Å². The van der Waals surface area contributed by atoms with Crippen molar-refractivity contribution in [2.45, 2.75) is 6.54 Å². The Morgan fingerprint density at radius 2 is 2.25 bits per heavy atom. The van der Waals surface area contributed by atoms with Gasteiger partial charge in [-0.15, -0.1) is 11.3 Å². The summed E-state index contributed by atoms with van der Waals surface area (Å²) in [5.74, 6) is 0. The van der Waals surface area contributed by atoms with Crippen LogP contribution in [0.1, 0.15) is 4.88 Å². The molecule has 3 nitrogen and oxygen atoms in total. The zero-order chi connectivity index (χ0) is 11.8. The molecule has 0 atom stereocenters. The fraction of sp³-hybridized carbons (Fsp3) is 0.636. The summed E-state index contributed by atoms with van der Waals surface area (Å²) in [5, 5.41) is 3.43. The van der Waals surface area contributed by atoms with Crippen LogP contribution < -0.4 is 5.32 Å². The van der Waals surface area contributed by atoms with E-state index in [1.54, 1.807) is 18.4 Å². The van der Waals surface area contributed by atoms with Crippen LogP contribution in [0.4, 0.5) is 0 Å². The summed E-state index contributed by atoms with van der Waals surface area (Å²) in [6, 6.07) is 4.24. The molecule has 0 fully saturated rings. The lowest BCUT2D eigenvalue weighted by atomic mass is 10.4. The summed E-state index contributed by atoms with van der Waals surface area (Å²) in [5.41, 5.74) is 0. The molecule has 0 saturated heterocycles. The summed E-state index contributed by atoms with van der Waals surface area (Å²) in [7, 11) is 3.85. The third-order valence-corrected chi connectivity index (χ3v) is 3.90. The molecule has 0 aromatic carbocycles. The van der Waals surface area contributed by atoms with Crippen LogP contribution in [0.25, 0.3) is 0 Å². The van der Waals surface area contributed by atoms with E-state index < -0.39 is 0 Å². The molecule has 0 bridgehead atoms. The van der Waals surface area contributed by atoms with Crippen LogP contribution in [0.5, 0.6) is 0 Å². The Kier molecular flexibility index (Phi) is 7.23. The van der Waals surface area contributed by atoms with Crippen LogP contribution in [-0.4, -0.2) is 45.3 Å². The van der Waals surface area contributed by atoms with Gasteiger partial charge in [-0.2, -0.15) is 0 Å². The first-order valence-corrected chi connectivity index (χ1v) is 6.95. The average molecular weight is 307 g/mol. The number of nitrogens with zero attached hydrogens (tertiary/aromatic N) is 1. The number of thiophene rings is 1. The Morgan fingerprint density at radius 1 is 1.44 bits per heavy atom. The van der Waals surface area contributed by atoms with Crippen molar-refractivity contribution in [1.82, 2.24) is 10.2 Å². The van der Waals surface area contributed by atoms with Gasteiger partial charge in [-0.3, -0.25) is 0 Å². The van der Waals surface area contributed by atoms with Crippen molar-refractivity contribution in [3.05, 3.63) is 20.8 Å². The molecule has 0 aliphatic rings. The van der Waals surface area contributed by atoms with Crippen LogP contribution in [0.3, 0.4) is 0 Å². The topological polar surface area (TPSA) is 24.5 Å². The molecule has 0 amide bonds. The summed E-state index contributed by atoms with van der Waals surface area (Å²) < 4.78 is 6.22. The monoisotopic (exact) mass is 306 g/mol. The Balaban J connectivity index is 2.03. The maximum atomic E-state index is 5.03. The lowest BCUT2D eigenvalue weighted by molar-refractivity contribution is 0.161. The van der Waals surface area contributed by atoms with Crippen LogP contribution in [0.2, 0.25) is 0 Å². The number of ether oxygens (including phenoxy) is 1. The third-order valence-electron chi connectivity index (χ3n) is 2.28. The zero-order valence-electron chi connectivity index (χ0n) is 9.83. The van der Waals surface area contributed by atoms with E-state index in [1.807, 2.05) is 0 Å². The van der Waals surface area contributed by atoms with Gasteiger partial charge in [0.05, 0.1) is 10.4 Å². The van der Waals surface area contributed by atoms with Gasteiger partial charge in [0.15, 0.2) is 0 Å². The van der Waals surface area contributed by atoms with E-state index >= 15 is 0 Å². The molecule has 0 unspecified atom stereocenters. The average Bonchev–Trinajstić information content (AvgIpc) is 2.67. The minimum Gasteiger partial charge on any atom is -0.383 e. The van der Waals surface area contributed by atoms with E-state index in [9.17, 15) is 0 Å². The first kappa shape index (κ1) is 14.1. The maximum absolute atomic E-state index is 5.03. The fourth-order valence-electron chi connectivity index (χ4n) is 1.29. The van der Waals surface area contributed by atoms with Gasteiger partial charge < -0.3 is 15.0 Å². The molecule has 1 N–H and O–H groups in total. The van der Waals surface area contributed by atoms with E-state index in [1.165, 1.54) is 8.66 Å². The number of rotatable bonds is 8. The molecular weight excluding hydrogens is 288 g/mol. The second kappa shape index (κ2) is 8.20. The van der Waals surface area contributed by atoms with Gasteiger partial charge in [0.1, 0.15) is 0 Å². The van der Waals surface area contributed by atoms with Crippen LogP contribution in [0.15, 0.2) is 15.9 Å². The molecule has 0 aliphatic carbocycles. The highest BCUT2D eigenvalue weighted by Gasteiger charge is 1.99. The minimum absolute atomic E-state index is 0.800. The molecule has 0 radical (unpaired) electrons. The summed E-state index contributed by atoms with van der Waals surface area (Å²) in [4.78, 5) is 3.63. The Morgan fingerprint density at radius 3 is 2.88 bits per heavy atom. The maximum Gasteiger partial charge on any atom is 0.0701 e. The van der Waals surface area contributed by atoms with E-state index in [0.29, 0.717) is 0 Å². The van der Waals surface area contributed by atoms with Gasteiger partial charge in [0.25, 0.3) is 0 Å². The fourth-order valence-corrected chi connectivity index (χ4v) is 2.74. The normalized spacial score (nSPS) is 11.2. The zero-order valence-corrected chi connectivity index (χ0v) is 12.2. The first-order chi connectivity index (χ1) is 7.72.